The molecule has 0 atom stereocenters. The molecule has 3 N–H and O–H groups in total. The number of hydrogen-bond acceptors (Lipinski definition) is 12. The molecule has 5 heterocycles. The van der Waals surface area contributed by atoms with Gasteiger partial charge < -0.3 is 16.0 Å². The number of hydrogen-bond donors (Lipinski definition) is 3. The van der Waals surface area contributed by atoms with Gasteiger partial charge in [0.1, 0.15) is 9.75 Å². The van der Waals surface area contributed by atoms with Crippen LogP contribution in [0.25, 0.3) is 22.3 Å². The summed E-state index contributed by atoms with van der Waals surface area (Å²) in [5, 5.41) is 31.5. The van der Waals surface area contributed by atoms with Crippen LogP contribution in [0.2, 0.25) is 5.15 Å². The summed E-state index contributed by atoms with van der Waals surface area (Å²) in [6.45, 7) is 17.5. The number of aryl methyl sites for hydroxylation is 3. The van der Waals surface area contributed by atoms with Gasteiger partial charge >= 0.3 is 0 Å². The Hall–Kier alpha value is -5.90. The van der Waals surface area contributed by atoms with Gasteiger partial charge in [0.25, 0.3) is 11.8 Å². The fourth-order valence-corrected chi connectivity index (χ4v) is 7.78. The molecule has 0 saturated heterocycles. The number of nitrogens with zero attached hydrogens (tertiary/aromatic N) is 8. The maximum atomic E-state index is 12.6. The number of rotatable bonds is 10. The molecule has 5 aromatic heterocycles. The zero-order chi connectivity index (χ0) is 43.2. The number of anilines is 2. The SMILES string of the molecule is Cc1cc(-c2cnnc(Cl)c2)ccc1CNC(=O)c1cnc(C(C)(C)C)s1.Cc1cc(-c2cnnc(Nc3cnn(C)c3)c2)ccc1CNC(=O)c1cnc(C(C)(C)C)s1. The van der Waals surface area contributed by atoms with Crippen LogP contribution in [0.3, 0.4) is 0 Å². The fraction of sp³-hybridized carbons (Fsp3) is 0.295. The van der Waals surface area contributed by atoms with Crippen molar-refractivity contribution in [3.8, 4) is 22.3 Å². The van der Waals surface area contributed by atoms with Crippen molar-refractivity contribution >= 4 is 57.6 Å². The standard InChI is InChI=1S/C24H27N7OS.C20H21ClN4OS/c1-15-8-16(18-9-21(30-27-11-18)29-19-12-28-31(5)14-19)6-7-17(15)10-25-22(32)20-13-26-23(33-20)24(2,3)4;1-12-7-13(15-8-17(21)25-24-10-15)5-6-14(12)9-22-18(26)16-11-23-19(27-16)20(2,3)4/h6-9,11-14H,10H2,1-5H3,(H,25,32)(H,29,30);5-8,10-11H,9H2,1-4H3,(H,22,26). The van der Waals surface area contributed by atoms with Gasteiger partial charge in [0.2, 0.25) is 0 Å². The molecule has 0 aliphatic rings. The van der Waals surface area contributed by atoms with E-state index in [1.165, 1.54) is 22.7 Å². The maximum absolute atomic E-state index is 12.6. The normalized spacial score (nSPS) is 11.4. The quantitative estimate of drug-likeness (QED) is 0.121. The second kappa shape index (κ2) is 18.6. The predicted octanol–water partition coefficient (Wildman–Crippen LogP) is 9.40. The van der Waals surface area contributed by atoms with Gasteiger partial charge in [-0.05, 0) is 59.4 Å². The molecule has 2 aromatic carbocycles. The summed E-state index contributed by atoms with van der Waals surface area (Å²) in [5.74, 6) is 0.446. The van der Waals surface area contributed by atoms with Gasteiger partial charge in [0, 0.05) is 48.3 Å². The Morgan fingerprint density at radius 1 is 0.667 bits per heavy atom. The number of aromatic nitrogens is 8. The van der Waals surface area contributed by atoms with Gasteiger partial charge in [-0.25, -0.2) is 9.97 Å². The first kappa shape index (κ1) is 43.7. The van der Waals surface area contributed by atoms with Gasteiger partial charge in [-0.2, -0.15) is 15.3 Å². The molecule has 60 heavy (non-hydrogen) atoms. The van der Waals surface area contributed by atoms with Crippen molar-refractivity contribution in [1.82, 2.24) is 50.8 Å². The summed E-state index contributed by atoms with van der Waals surface area (Å²) >= 11 is 8.80. The first-order valence-electron chi connectivity index (χ1n) is 19.2. The highest BCUT2D eigenvalue weighted by atomic mass is 35.5. The van der Waals surface area contributed by atoms with Gasteiger partial charge in [-0.3, -0.25) is 14.3 Å². The summed E-state index contributed by atoms with van der Waals surface area (Å²) in [7, 11) is 1.86. The van der Waals surface area contributed by atoms with Crippen molar-refractivity contribution in [2.45, 2.75) is 79.3 Å². The smallest absolute Gasteiger partial charge is 0.263 e. The zero-order valence-electron chi connectivity index (χ0n) is 35.1. The van der Waals surface area contributed by atoms with Gasteiger partial charge in [-0.15, -0.1) is 32.9 Å². The molecule has 0 aliphatic heterocycles. The van der Waals surface area contributed by atoms with Crippen LogP contribution in [0.15, 0.2) is 85.7 Å². The summed E-state index contributed by atoms with van der Waals surface area (Å²) in [5.41, 5.74) is 8.92. The Kier molecular flexibility index (Phi) is 13.5. The summed E-state index contributed by atoms with van der Waals surface area (Å²) in [4.78, 5) is 35.0. The van der Waals surface area contributed by atoms with Gasteiger partial charge in [0.05, 0.1) is 46.7 Å². The number of carbonyl (C=O) groups is 2. The van der Waals surface area contributed by atoms with E-state index in [1.54, 1.807) is 41.7 Å². The number of amides is 2. The lowest BCUT2D eigenvalue weighted by Crippen LogP contribution is -2.22. The van der Waals surface area contributed by atoms with Crippen molar-refractivity contribution in [2.75, 3.05) is 5.32 Å². The topological polar surface area (TPSA) is 165 Å². The average molecular weight is 863 g/mol. The second-order valence-corrected chi connectivity index (χ2v) is 18.8. The number of carbonyl (C=O) groups excluding carboxylic acids is 2. The largest absolute Gasteiger partial charge is 0.347 e. The molecule has 16 heteroatoms. The van der Waals surface area contributed by atoms with E-state index in [9.17, 15) is 9.59 Å². The fourth-order valence-electron chi connectivity index (χ4n) is 5.84. The van der Waals surface area contributed by atoms with Crippen LogP contribution in [0.1, 0.15) is 93.2 Å². The minimum absolute atomic E-state index is 0.0552. The van der Waals surface area contributed by atoms with E-state index in [2.05, 4.69) is 105 Å². The lowest BCUT2D eigenvalue weighted by Gasteiger charge is -2.13. The third kappa shape index (κ3) is 11.4. The van der Waals surface area contributed by atoms with Crippen molar-refractivity contribution in [1.29, 1.82) is 0 Å². The second-order valence-electron chi connectivity index (χ2n) is 16.3. The monoisotopic (exact) mass is 861 g/mol. The van der Waals surface area contributed by atoms with E-state index >= 15 is 0 Å². The Bertz CT molecular complexity index is 2620. The summed E-state index contributed by atoms with van der Waals surface area (Å²) in [6.07, 6.45) is 10.3. The van der Waals surface area contributed by atoms with Crippen LogP contribution in [-0.2, 0) is 31.0 Å². The molecule has 0 unspecified atom stereocenters. The molecule has 0 radical (unpaired) electrons. The van der Waals surface area contributed by atoms with Crippen LogP contribution < -0.4 is 16.0 Å². The van der Waals surface area contributed by atoms with Crippen molar-refractivity contribution < 1.29 is 9.59 Å². The highest BCUT2D eigenvalue weighted by Crippen LogP contribution is 2.29. The van der Waals surface area contributed by atoms with E-state index in [0.717, 1.165) is 60.2 Å². The molecule has 13 nitrogen and oxygen atoms in total. The Labute approximate surface area is 363 Å². The highest BCUT2D eigenvalue weighted by Gasteiger charge is 2.22. The first-order valence-corrected chi connectivity index (χ1v) is 21.2. The third-order valence-electron chi connectivity index (χ3n) is 9.23. The predicted molar refractivity (Wildman–Crippen MR) is 240 cm³/mol. The van der Waals surface area contributed by atoms with Gasteiger partial charge in [-0.1, -0.05) is 89.5 Å². The molecule has 0 bridgehead atoms. The minimum Gasteiger partial charge on any atom is -0.347 e. The molecule has 0 spiro atoms. The van der Waals surface area contributed by atoms with Crippen LogP contribution in [-0.4, -0.2) is 52.0 Å². The molecule has 310 valence electrons. The van der Waals surface area contributed by atoms with Crippen molar-refractivity contribution in [3.05, 3.63) is 133 Å². The molecule has 0 aliphatic carbocycles. The van der Waals surface area contributed by atoms with Crippen molar-refractivity contribution in [2.24, 2.45) is 7.05 Å². The lowest BCUT2D eigenvalue weighted by molar-refractivity contribution is 0.0946. The van der Waals surface area contributed by atoms with E-state index in [1.807, 2.05) is 57.4 Å². The van der Waals surface area contributed by atoms with Crippen molar-refractivity contribution in [3.63, 3.8) is 0 Å². The van der Waals surface area contributed by atoms with Crippen LogP contribution in [0.5, 0.6) is 0 Å². The number of thiazole rings is 2. The summed E-state index contributed by atoms with van der Waals surface area (Å²) in [6, 6.07) is 15.9. The Balaban J connectivity index is 0.000000205. The Morgan fingerprint density at radius 3 is 1.60 bits per heavy atom. The maximum Gasteiger partial charge on any atom is 0.263 e. The van der Waals surface area contributed by atoms with E-state index < -0.39 is 0 Å². The zero-order valence-corrected chi connectivity index (χ0v) is 37.5. The number of halogens is 1. The molecule has 0 saturated carbocycles. The molecular formula is C44H48ClN11O2S2. The average Bonchev–Trinajstić information content (AvgIpc) is 3.99. The first-order chi connectivity index (χ1) is 28.4. The number of benzene rings is 2. The minimum atomic E-state index is -0.101. The van der Waals surface area contributed by atoms with Crippen LogP contribution in [0.4, 0.5) is 11.5 Å². The lowest BCUT2D eigenvalue weighted by atomic mass is 9.98. The van der Waals surface area contributed by atoms with E-state index in [-0.39, 0.29) is 22.6 Å². The molecule has 0 fully saturated rings. The molecule has 2 amide bonds. The highest BCUT2D eigenvalue weighted by molar-refractivity contribution is 7.14. The molecule has 7 aromatic rings. The van der Waals surface area contributed by atoms with E-state index in [4.69, 9.17) is 11.6 Å². The van der Waals surface area contributed by atoms with Crippen LogP contribution >= 0.6 is 34.3 Å². The van der Waals surface area contributed by atoms with E-state index in [0.29, 0.717) is 33.8 Å². The third-order valence-corrected chi connectivity index (χ3v) is 12.3. The summed E-state index contributed by atoms with van der Waals surface area (Å²) < 4.78 is 1.72. The van der Waals surface area contributed by atoms with Gasteiger partial charge in [0.15, 0.2) is 11.0 Å². The molecular weight excluding hydrogens is 814 g/mol. The molecule has 7 rings (SSSR count). The van der Waals surface area contributed by atoms with Crippen LogP contribution in [0, 0.1) is 13.8 Å². The Morgan fingerprint density at radius 2 is 1.17 bits per heavy atom. The number of nitrogens with one attached hydrogen (secondary N) is 3.